The number of pyridine rings is 1. The van der Waals surface area contributed by atoms with Crippen molar-refractivity contribution in [2.75, 3.05) is 12.3 Å². The van der Waals surface area contributed by atoms with Crippen molar-refractivity contribution in [3.63, 3.8) is 0 Å². The second-order valence-corrected chi connectivity index (χ2v) is 6.67. The third-order valence-corrected chi connectivity index (χ3v) is 4.98. The molecular weight excluding hydrogens is 330 g/mol. The number of ether oxygens (including phenoxy) is 1. The smallest absolute Gasteiger partial charge is 0.142 e. The molecule has 0 aliphatic rings. The van der Waals surface area contributed by atoms with Gasteiger partial charge in [0.2, 0.25) is 0 Å². The van der Waals surface area contributed by atoms with Gasteiger partial charge in [0, 0.05) is 16.0 Å². The zero-order chi connectivity index (χ0) is 18.0. The first-order valence-electron chi connectivity index (χ1n) is 8.04. The number of thiophene rings is 1. The number of anilines is 1. The fraction of sp³-hybridized carbons (Fsp3) is 0.200. The van der Waals surface area contributed by atoms with Gasteiger partial charge in [-0.05, 0) is 61.5 Å². The summed E-state index contributed by atoms with van der Waals surface area (Å²) in [5.74, 6) is 1.13. The largest absolute Gasteiger partial charge is 0.494 e. The summed E-state index contributed by atoms with van der Waals surface area (Å²) in [6.07, 6.45) is 0. The van der Waals surface area contributed by atoms with Crippen LogP contribution in [-0.4, -0.2) is 11.6 Å². The van der Waals surface area contributed by atoms with Gasteiger partial charge in [0.05, 0.1) is 12.3 Å². The second kappa shape index (κ2) is 6.96. The maximum atomic E-state index is 9.54. The van der Waals surface area contributed by atoms with Crippen LogP contribution >= 0.6 is 11.3 Å². The maximum absolute atomic E-state index is 9.54. The number of nitrogen functional groups attached to an aromatic ring is 1. The Labute approximate surface area is 151 Å². The fourth-order valence-electron chi connectivity index (χ4n) is 2.93. The molecular formula is C20H19N3OS. The molecule has 0 bridgehead atoms. The molecule has 3 aromatic rings. The van der Waals surface area contributed by atoms with Crippen LogP contribution in [0.3, 0.4) is 0 Å². The van der Waals surface area contributed by atoms with Crippen molar-refractivity contribution in [3.8, 4) is 33.5 Å². The van der Waals surface area contributed by atoms with Gasteiger partial charge in [-0.1, -0.05) is 6.07 Å². The van der Waals surface area contributed by atoms with Gasteiger partial charge >= 0.3 is 0 Å². The van der Waals surface area contributed by atoms with Crippen LogP contribution in [0.2, 0.25) is 0 Å². The number of benzene rings is 1. The molecule has 1 aromatic carbocycles. The molecule has 4 nitrogen and oxygen atoms in total. The predicted octanol–water partition coefficient (Wildman–Crippen LogP) is 4.95. The minimum atomic E-state index is 0.262. The summed E-state index contributed by atoms with van der Waals surface area (Å²) in [5, 5.41) is 11.5. The first kappa shape index (κ1) is 17.0. The van der Waals surface area contributed by atoms with Crippen molar-refractivity contribution in [3.05, 3.63) is 52.4 Å². The summed E-state index contributed by atoms with van der Waals surface area (Å²) < 4.78 is 5.61. The number of hydrogen-bond acceptors (Lipinski definition) is 5. The number of aromatic nitrogens is 1. The molecule has 0 aliphatic carbocycles. The third-order valence-electron chi connectivity index (χ3n) is 4.10. The lowest BCUT2D eigenvalue weighted by atomic mass is 9.96. The van der Waals surface area contributed by atoms with E-state index in [-0.39, 0.29) is 5.82 Å². The van der Waals surface area contributed by atoms with Crippen molar-refractivity contribution in [1.82, 2.24) is 4.98 Å². The summed E-state index contributed by atoms with van der Waals surface area (Å²) >= 11 is 1.59. The maximum Gasteiger partial charge on any atom is 0.142 e. The minimum Gasteiger partial charge on any atom is -0.494 e. The van der Waals surface area contributed by atoms with E-state index in [2.05, 4.69) is 11.1 Å². The Balaban J connectivity index is 2.22. The van der Waals surface area contributed by atoms with Gasteiger partial charge in [0.1, 0.15) is 23.2 Å². The molecule has 0 fully saturated rings. The van der Waals surface area contributed by atoms with Gasteiger partial charge < -0.3 is 10.5 Å². The molecule has 5 heteroatoms. The van der Waals surface area contributed by atoms with Gasteiger partial charge in [0.25, 0.3) is 0 Å². The van der Waals surface area contributed by atoms with E-state index < -0.39 is 0 Å². The van der Waals surface area contributed by atoms with Crippen LogP contribution in [0.25, 0.3) is 21.7 Å². The molecule has 2 heterocycles. The van der Waals surface area contributed by atoms with Crippen LogP contribution in [0.4, 0.5) is 5.82 Å². The van der Waals surface area contributed by atoms with Crippen molar-refractivity contribution in [2.24, 2.45) is 0 Å². The van der Waals surface area contributed by atoms with Gasteiger partial charge in [-0.25, -0.2) is 4.98 Å². The molecule has 0 aliphatic heterocycles. The lowest BCUT2D eigenvalue weighted by Gasteiger charge is -2.15. The minimum absolute atomic E-state index is 0.262. The highest BCUT2D eigenvalue weighted by Crippen LogP contribution is 2.38. The highest BCUT2D eigenvalue weighted by molar-refractivity contribution is 7.13. The summed E-state index contributed by atoms with van der Waals surface area (Å²) in [6, 6.07) is 12.2. The third kappa shape index (κ3) is 3.09. The van der Waals surface area contributed by atoms with E-state index in [1.54, 1.807) is 11.3 Å². The molecule has 0 saturated heterocycles. The van der Waals surface area contributed by atoms with E-state index >= 15 is 0 Å². The Kier molecular flexibility index (Phi) is 4.73. The van der Waals surface area contributed by atoms with Crippen LogP contribution in [0, 0.1) is 25.2 Å². The van der Waals surface area contributed by atoms with Gasteiger partial charge in [-0.3, -0.25) is 0 Å². The number of rotatable bonds is 4. The molecule has 0 saturated carbocycles. The van der Waals surface area contributed by atoms with E-state index in [0.29, 0.717) is 12.2 Å². The van der Waals surface area contributed by atoms with Crippen LogP contribution in [0.1, 0.15) is 23.6 Å². The predicted molar refractivity (Wildman–Crippen MR) is 103 cm³/mol. The number of hydrogen-bond donors (Lipinski definition) is 1. The zero-order valence-electron chi connectivity index (χ0n) is 14.5. The van der Waals surface area contributed by atoms with Crippen molar-refractivity contribution < 1.29 is 4.74 Å². The van der Waals surface area contributed by atoms with Crippen molar-refractivity contribution in [1.29, 1.82) is 5.26 Å². The zero-order valence-corrected chi connectivity index (χ0v) is 15.3. The van der Waals surface area contributed by atoms with Gasteiger partial charge in [0.15, 0.2) is 0 Å². The quantitative estimate of drug-likeness (QED) is 0.723. The first-order chi connectivity index (χ1) is 12.1. The monoisotopic (exact) mass is 349 g/mol. The number of nitriles is 1. The Morgan fingerprint density at radius 2 is 2.08 bits per heavy atom. The van der Waals surface area contributed by atoms with Crippen LogP contribution < -0.4 is 10.5 Å². The lowest BCUT2D eigenvalue weighted by Crippen LogP contribution is -2.03. The van der Waals surface area contributed by atoms with Crippen LogP contribution in [0.5, 0.6) is 5.75 Å². The summed E-state index contributed by atoms with van der Waals surface area (Å²) in [5.41, 5.74) is 11.2. The number of nitrogens with two attached hydrogens (primary N) is 1. The lowest BCUT2D eigenvalue weighted by molar-refractivity contribution is 0.338. The van der Waals surface area contributed by atoms with Gasteiger partial charge in [-0.2, -0.15) is 5.26 Å². The highest BCUT2D eigenvalue weighted by Gasteiger charge is 2.19. The van der Waals surface area contributed by atoms with E-state index in [1.807, 2.05) is 56.5 Å². The SMILES string of the molecule is CCOc1ccc(-c2nc(N)c(C#N)c(-c3cccs3)c2C)cc1C. The first-order valence-corrected chi connectivity index (χ1v) is 8.92. The molecule has 3 rings (SSSR count). The molecule has 2 aromatic heterocycles. The Morgan fingerprint density at radius 3 is 2.68 bits per heavy atom. The average molecular weight is 349 g/mol. The molecule has 2 N–H and O–H groups in total. The highest BCUT2D eigenvalue weighted by atomic mass is 32.1. The number of nitrogens with zero attached hydrogens (tertiary/aromatic N) is 2. The fourth-order valence-corrected chi connectivity index (χ4v) is 3.77. The Hall–Kier alpha value is -2.84. The molecule has 0 unspecified atom stereocenters. The summed E-state index contributed by atoms with van der Waals surface area (Å²) in [7, 11) is 0. The van der Waals surface area contributed by atoms with Crippen LogP contribution in [-0.2, 0) is 0 Å². The standard InChI is InChI=1S/C20H19N3OS/c1-4-24-16-8-7-14(10-12(16)2)19-13(3)18(17-6-5-9-25-17)15(11-21)20(22)23-19/h5-10H,4H2,1-3H3,(H2,22,23). The van der Waals surface area contributed by atoms with Crippen LogP contribution in [0.15, 0.2) is 35.7 Å². The molecule has 25 heavy (non-hydrogen) atoms. The Bertz CT molecular complexity index is 956. The van der Waals surface area contributed by atoms with E-state index in [9.17, 15) is 5.26 Å². The topological polar surface area (TPSA) is 71.9 Å². The molecule has 0 radical (unpaired) electrons. The second-order valence-electron chi connectivity index (χ2n) is 5.72. The molecule has 0 amide bonds. The van der Waals surface area contributed by atoms with Crippen molar-refractivity contribution in [2.45, 2.75) is 20.8 Å². The van der Waals surface area contributed by atoms with E-state index in [1.165, 1.54) is 0 Å². The molecule has 0 atom stereocenters. The summed E-state index contributed by atoms with van der Waals surface area (Å²) in [6.45, 7) is 6.60. The average Bonchev–Trinajstić information content (AvgIpc) is 3.12. The Morgan fingerprint density at radius 1 is 1.28 bits per heavy atom. The summed E-state index contributed by atoms with van der Waals surface area (Å²) in [4.78, 5) is 5.54. The number of aryl methyl sites for hydroxylation is 1. The van der Waals surface area contributed by atoms with Crippen molar-refractivity contribution >= 4 is 17.2 Å². The molecule has 126 valence electrons. The van der Waals surface area contributed by atoms with E-state index in [4.69, 9.17) is 10.5 Å². The van der Waals surface area contributed by atoms with Gasteiger partial charge in [-0.15, -0.1) is 11.3 Å². The van der Waals surface area contributed by atoms with E-state index in [0.717, 1.165) is 38.6 Å². The molecule has 0 spiro atoms. The normalized spacial score (nSPS) is 10.5.